The van der Waals surface area contributed by atoms with Crippen LogP contribution in [0.15, 0.2) is 21.1 Å². The number of anilines is 1. The molecule has 112 valence electrons. The van der Waals surface area contributed by atoms with Crippen LogP contribution >= 0.6 is 31.9 Å². The Kier molecular flexibility index (Phi) is 7.55. The van der Waals surface area contributed by atoms with Gasteiger partial charge in [0, 0.05) is 29.2 Å². The van der Waals surface area contributed by atoms with Gasteiger partial charge in [-0.1, -0.05) is 0 Å². The number of nitrogens with one attached hydrogen (secondary N) is 2. The lowest BCUT2D eigenvalue weighted by Gasteiger charge is -2.18. The first kappa shape index (κ1) is 17.5. The fraction of sp³-hybridized carbons (Fsp3) is 0.500. The van der Waals surface area contributed by atoms with Gasteiger partial charge in [-0.05, 0) is 69.8 Å². The number of benzene rings is 1. The number of amides is 1. The molecule has 0 radical (unpaired) electrons. The number of rotatable bonds is 7. The van der Waals surface area contributed by atoms with Gasteiger partial charge >= 0.3 is 0 Å². The Bertz CT molecular complexity index is 443. The van der Waals surface area contributed by atoms with Gasteiger partial charge in [-0.25, -0.2) is 0 Å². The van der Waals surface area contributed by atoms with Gasteiger partial charge in [0.1, 0.15) is 6.04 Å². The van der Waals surface area contributed by atoms with Crippen LogP contribution in [-0.2, 0) is 9.53 Å². The highest BCUT2D eigenvalue weighted by Gasteiger charge is 2.15. The summed E-state index contributed by atoms with van der Waals surface area (Å²) in [6.07, 6.45) is 0.812. The van der Waals surface area contributed by atoms with E-state index >= 15 is 0 Å². The quantitative estimate of drug-likeness (QED) is 0.680. The van der Waals surface area contributed by atoms with E-state index in [-0.39, 0.29) is 11.9 Å². The molecule has 1 aromatic carbocycles. The van der Waals surface area contributed by atoms with Crippen LogP contribution in [0.3, 0.4) is 0 Å². The molecule has 0 bridgehead atoms. The summed E-state index contributed by atoms with van der Waals surface area (Å²) in [6.45, 7) is 5.13. The van der Waals surface area contributed by atoms with Crippen molar-refractivity contribution < 1.29 is 9.53 Å². The van der Waals surface area contributed by atoms with E-state index in [2.05, 4.69) is 42.5 Å². The molecule has 1 unspecified atom stereocenters. The Hall–Kier alpha value is -0.590. The number of aryl methyl sites for hydroxylation is 1. The molecule has 0 heterocycles. The Labute approximate surface area is 136 Å². The number of halogens is 2. The van der Waals surface area contributed by atoms with E-state index in [4.69, 9.17) is 4.74 Å². The summed E-state index contributed by atoms with van der Waals surface area (Å²) in [5.74, 6) is -0.0273. The highest BCUT2D eigenvalue weighted by molar-refractivity contribution is 9.11. The summed E-state index contributed by atoms with van der Waals surface area (Å²) in [4.78, 5) is 12.0. The van der Waals surface area contributed by atoms with Gasteiger partial charge in [-0.2, -0.15) is 0 Å². The van der Waals surface area contributed by atoms with Crippen molar-refractivity contribution in [3.63, 3.8) is 0 Å². The molecular weight excluding hydrogens is 388 g/mol. The van der Waals surface area contributed by atoms with Crippen LogP contribution in [0.25, 0.3) is 0 Å². The smallest absolute Gasteiger partial charge is 0.242 e. The maximum Gasteiger partial charge on any atom is 0.242 e. The zero-order valence-electron chi connectivity index (χ0n) is 11.9. The summed E-state index contributed by atoms with van der Waals surface area (Å²) in [7, 11) is 1.65. The van der Waals surface area contributed by atoms with Crippen molar-refractivity contribution in [1.29, 1.82) is 0 Å². The lowest BCUT2D eigenvalue weighted by Crippen LogP contribution is -2.38. The molecular formula is C14H20Br2N2O2. The standard InChI is InChI=1S/C14H20Br2N2O2/c1-9-7-11(15)13(12(16)8-9)18-10(2)14(19)17-5-4-6-20-3/h7-8,10,18H,4-6H2,1-3H3,(H,17,19). The molecule has 1 rings (SSSR count). The fourth-order valence-electron chi connectivity index (χ4n) is 1.70. The highest BCUT2D eigenvalue weighted by atomic mass is 79.9. The van der Waals surface area contributed by atoms with Crippen LogP contribution in [0.5, 0.6) is 0 Å². The Morgan fingerprint density at radius 2 is 1.95 bits per heavy atom. The van der Waals surface area contributed by atoms with Crippen LogP contribution in [0, 0.1) is 6.92 Å². The lowest BCUT2D eigenvalue weighted by atomic mass is 10.2. The zero-order valence-corrected chi connectivity index (χ0v) is 15.1. The molecule has 4 nitrogen and oxygen atoms in total. The third kappa shape index (κ3) is 5.42. The van der Waals surface area contributed by atoms with Crippen molar-refractivity contribution in [2.24, 2.45) is 0 Å². The lowest BCUT2D eigenvalue weighted by molar-refractivity contribution is -0.121. The fourth-order valence-corrected chi connectivity index (χ4v) is 3.35. The minimum Gasteiger partial charge on any atom is -0.385 e. The Morgan fingerprint density at radius 3 is 2.50 bits per heavy atom. The average molecular weight is 408 g/mol. The van der Waals surface area contributed by atoms with Gasteiger partial charge in [0.05, 0.1) is 5.69 Å². The molecule has 0 aromatic heterocycles. The van der Waals surface area contributed by atoms with Crippen LogP contribution < -0.4 is 10.6 Å². The molecule has 0 aliphatic carbocycles. The molecule has 1 atom stereocenters. The van der Waals surface area contributed by atoms with E-state index in [0.29, 0.717) is 13.2 Å². The number of hydrogen-bond acceptors (Lipinski definition) is 3. The van der Waals surface area contributed by atoms with Gasteiger partial charge in [0.15, 0.2) is 0 Å². The van der Waals surface area contributed by atoms with Crippen molar-refractivity contribution in [2.45, 2.75) is 26.3 Å². The Morgan fingerprint density at radius 1 is 1.35 bits per heavy atom. The van der Waals surface area contributed by atoms with Gasteiger partial charge < -0.3 is 15.4 Å². The first-order valence-corrected chi connectivity index (χ1v) is 8.03. The molecule has 0 saturated heterocycles. The zero-order chi connectivity index (χ0) is 15.1. The summed E-state index contributed by atoms with van der Waals surface area (Å²) in [5, 5.41) is 6.09. The number of carbonyl (C=O) groups is 1. The van der Waals surface area contributed by atoms with Crippen molar-refractivity contribution in [2.75, 3.05) is 25.6 Å². The summed E-state index contributed by atoms with van der Waals surface area (Å²) in [6, 6.07) is 3.71. The second kappa shape index (κ2) is 8.64. The highest BCUT2D eigenvalue weighted by Crippen LogP contribution is 2.32. The average Bonchev–Trinajstić information content (AvgIpc) is 2.38. The first-order valence-electron chi connectivity index (χ1n) is 6.44. The van der Waals surface area contributed by atoms with Gasteiger partial charge in [-0.15, -0.1) is 0 Å². The molecule has 6 heteroatoms. The Balaban J connectivity index is 2.57. The van der Waals surface area contributed by atoms with E-state index in [9.17, 15) is 4.79 Å². The third-order valence-corrected chi connectivity index (χ3v) is 4.02. The number of methoxy groups -OCH3 is 1. The topological polar surface area (TPSA) is 50.4 Å². The monoisotopic (exact) mass is 406 g/mol. The molecule has 0 spiro atoms. The molecule has 1 amide bonds. The molecule has 0 saturated carbocycles. The van der Waals surface area contributed by atoms with Gasteiger partial charge in [0.25, 0.3) is 0 Å². The van der Waals surface area contributed by atoms with Crippen molar-refractivity contribution in [3.8, 4) is 0 Å². The van der Waals surface area contributed by atoms with Crippen LogP contribution in [0.4, 0.5) is 5.69 Å². The van der Waals surface area contributed by atoms with Crippen LogP contribution in [0.1, 0.15) is 18.9 Å². The number of hydrogen-bond donors (Lipinski definition) is 2. The molecule has 0 fully saturated rings. The SMILES string of the molecule is COCCCNC(=O)C(C)Nc1c(Br)cc(C)cc1Br. The second-order valence-electron chi connectivity index (χ2n) is 4.61. The molecule has 2 N–H and O–H groups in total. The minimum absolute atomic E-state index is 0.0273. The van der Waals surface area contributed by atoms with E-state index in [1.165, 1.54) is 0 Å². The second-order valence-corrected chi connectivity index (χ2v) is 6.32. The van der Waals surface area contributed by atoms with Gasteiger partial charge in [-0.3, -0.25) is 4.79 Å². The summed E-state index contributed by atoms with van der Waals surface area (Å²) in [5.41, 5.74) is 2.03. The molecule has 0 aliphatic heterocycles. The predicted octanol–water partition coefficient (Wildman–Crippen LogP) is 3.47. The summed E-state index contributed by atoms with van der Waals surface area (Å²) >= 11 is 7.02. The van der Waals surface area contributed by atoms with Crippen molar-refractivity contribution in [3.05, 3.63) is 26.6 Å². The predicted molar refractivity (Wildman–Crippen MR) is 89.2 cm³/mol. The van der Waals surface area contributed by atoms with Crippen molar-refractivity contribution >= 4 is 43.5 Å². The number of carbonyl (C=O) groups excluding carboxylic acids is 1. The first-order chi connectivity index (χ1) is 9.45. The summed E-state index contributed by atoms with van der Waals surface area (Å²) < 4.78 is 6.81. The molecule has 0 aliphatic rings. The molecule has 20 heavy (non-hydrogen) atoms. The largest absolute Gasteiger partial charge is 0.385 e. The van der Waals surface area contributed by atoms with Crippen LogP contribution in [0.2, 0.25) is 0 Å². The normalized spacial score (nSPS) is 12.1. The number of ether oxygens (including phenoxy) is 1. The maximum atomic E-state index is 12.0. The maximum absolute atomic E-state index is 12.0. The minimum atomic E-state index is -0.312. The van der Waals surface area contributed by atoms with Crippen LogP contribution in [-0.4, -0.2) is 32.2 Å². The van der Waals surface area contributed by atoms with E-state index in [1.807, 2.05) is 26.0 Å². The van der Waals surface area contributed by atoms with E-state index < -0.39 is 0 Å². The third-order valence-electron chi connectivity index (χ3n) is 2.77. The van der Waals surface area contributed by atoms with E-state index in [1.54, 1.807) is 7.11 Å². The van der Waals surface area contributed by atoms with Crippen molar-refractivity contribution in [1.82, 2.24) is 5.32 Å². The van der Waals surface area contributed by atoms with E-state index in [0.717, 1.165) is 26.6 Å². The molecule has 1 aromatic rings. The van der Waals surface area contributed by atoms with Gasteiger partial charge in [0.2, 0.25) is 5.91 Å².